The van der Waals surface area contributed by atoms with Gasteiger partial charge in [0.15, 0.2) is 0 Å². The van der Waals surface area contributed by atoms with Crippen LogP contribution in [0.2, 0.25) is 0 Å². The Kier molecular flexibility index (Phi) is 12.4. The quantitative estimate of drug-likeness (QED) is 0.331. The number of hydrogen-bond donors (Lipinski definition) is 3. The van der Waals surface area contributed by atoms with Crippen LogP contribution in [0.1, 0.15) is 75.1 Å². The van der Waals surface area contributed by atoms with Crippen molar-refractivity contribution in [3.05, 3.63) is 53.0 Å². The molecular weight excluding hydrogens is 568 g/mol. The van der Waals surface area contributed by atoms with E-state index in [0.717, 1.165) is 50.5 Å². The highest BCUT2D eigenvalue weighted by Gasteiger charge is 2.33. The molecule has 14 heteroatoms. The van der Waals surface area contributed by atoms with Crippen LogP contribution < -0.4 is 20.5 Å². The number of pyridine rings is 1. The average molecular weight is 605 g/mol. The minimum Gasteiger partial charge on any atom is -0.477 e. The van der Waals surface area contributed by atoms with E-state index in [1.807, 2.05) is 4.72 Å². The molecule has 0 saturated heterocycles. The number of aromatic nitrogens is 1. The molecule has 1 aromatic heterocycles. The molecule has 0 radical (unpaired) electrons. The number of benzene rings is 1. The first kappa shape index (κ1) is 33.8. The second kappa shape index (κ2) is 15.0. The molecule has 1 fully saturated rings. The van der Waals surface area contributed by atoms with Crippen molar-refractivity contribution in [1.29, 1.82) is 0 Å². The Morgan fingerprint density at radius 3 is 2.32 bits per heavy atom. The van der Waals surface area contributed by atoms with Gasteiger partial charge in [0.05, 0.1) is 24.5 Å². The third-order valence-corrected chi connectivity index (χ3v) is 6.98. The van der Waals surface area contributed by atoms with Gasteiger partial charge in [-0.25, -0.2) is 17.8 Å². The molecule has 3 rings (SSSR count). The van der Waals surface area contributed by atoms with Crippen LogP contribution in [0.15, 0.2) is 30.3 Å². The van der Waals surface area contributed by atoms with Crippen molar-refractivity contribution in [2.24, 2.45) is 11.7 Å². The van der Waals surface area contributed by atoms with Crippen molar-refractivity contribution in [3.8, 4) is 5.88 Å². The molecule has 2 aromatic rings. The number of halogens is 4. The van der Waals surface area contributed by atoms with Gasteiger partial charge >= 0.3 is 6.18 Å². The lowest BCUT2D eigenvalue weighted by Crippen LogP contribution is -2.28. The van der Waals surface area contributed by atoms with Gasteiger partial charge < -0.3 is 15.8 Å². The number of nitrogens with one attached hydrogen (secondary N) is 2. The highest BCUT2D eigenvalue weighted by Crippen LogP contribution is 2.31. The summed E-state index contributed by atoms with van der Waals surface area (Å²) in [6.07, 6.45) is 1.82. The lowest BCUT2D eigenvalue weighted by molar-refractivity contribution is -0.141. The van der Waals surface area contributed by atoms with E-state index in [4.69, 9.17) is 4.74 Å². The lowest BCUT2D eigenvalue weighted by Gasteiger charge is -2.22. The van der Waals surface area contributed by atoms with Crippen LogP contribution in [-0.2, 0) is 32.3 Å². The summed E-state index contributed by atoms with van der Waals surface area (Å²) in [7, 11) is -3.67. The first-order chi connectivity index (χ1) is 19.1. The van der Waals surface area contributed by atoms with Crippen molar-refractivity contribution in [1.82, 2.24) is 10.3 Å². The van der Waals surface area contributed by atoms with Crippen molar-refractivity contribution >= 4 is 27.5 Å². The molecule has 0 aliphatic heterocycles. The molecule has 41 heavy (non-hydrogen) atoms. The Morgan fingerprint density at radius 1 is 1.15 bits per heavy atom. The number of nitrogens with zero attached hydrogens (tertiary/aromatic N) is 1. The summed E-state index contributed by atoms with van der Waals surface area (Å²) >= 11 is 0. The van der Waals surface area contributed by atoms with E-state index in [9.17, 15) is 35.6 Å². The van der Waals surface area contributed by atoms with Crippen LogP contribution in [0.3, 0.4) is 0 Å². The van der Waals surface area contributed by atoms with Crippen molar-refractivity contribution in [3.63, 3.8) is 0 Å². The topological polar surface area (TPSA) is 140 Å². The van der Waals surface area contributed by atoms with Crippen molar-refractivity contribution in [2.45, 2.75) is 71.0 Å². The predicted octanol–water partition coefficient (Wildman–Crippen LogP) is 4.87. The zero-order valence-corrected chi connectivity index (χ0v) is 24.0. The zero-order chi connectivity index (χ0) is 30.8. The maximum atomic E-state index is 14.3. The molecule has 0 spiro atoms. The fourth-order valence-corrected chi connectivity index (χ4v) is 4.57. The number of sulfonamides is 1. The highest BCUT2D eigenvalue weighted by atomic mass is 32.2. The minimum atomic E-state index is -4.64. The molecule has 1 unspecified atom stereocenters. The fourth-order valence-electron chi connectivity index (χ4n) is 4.01. The molecule has 0 bridgehead atoms. The standard InChI is InChI=1S/C24H29F4N3O4S.C3H7NO/c1-15(17-8-10-20(19(25)12-17)31-36(2,33)34)22(32)29-13-18-9-11-21(24(26,27)28)30-23(18)35-14-16-6-4-3-5-7-16;1-2-3(4)5/h8-12,15-16,31H,3-7,13-14H2,1-2H3,(H,29,32);2H2,1H3,(H2,4,5). The molecule has 1 saturated carbocycles. The Bertz CT molecular complexity index is 1300. The zero-order valence-electron chi connectivity index (χ0n) is 23.2. The number of hydrogen-bond acceptors (Lipinski definition) is 6. The Balaban J connectivity index is 0.00000108. The number of amides is 2. The largest absolute Gasteiger partial charge is 0.477 e. The van der Waals surface area contributed by atoms with E-state index in [2.05, 4.69) is 16.0 Å². The summed E-state index contributed by atoms with van der Waals surface area (Å²) in [5, 5.41) is 2.63. The number of carbonyl (C=O) groups excluding carboxylic acids is 2. The van der Waals surface area contributed by atoms with E-state index in [0.29, 0.717) is 17.5 Å². The number of carbonyl (C=O) groups is 2. The van der Waals surface area contributed by atoms with E-state index < -0.39 is 39.5 Å². The average Bonchev–Trinajstić information content (AvgIpc) is 2.91. The molecular formula is C27H36F4N4O5S. The second-order valence-corrected chi connectivity index (χ2v) is 11.6. The number of anilines is 1. The third kappa shape index (κ3) is 11.5. The molecule has 1 aliphatic rings. The maximum absolute atomic E-state index is 14.3. The van der Waals surface area contributed by atoms with E-state index >= 15 is 0 Å². The normalized spacial score (nSPS) is 14.8. The second-order valence-electron chi connectivity index (χ2n) is 9.85. The number of ether oxygens (including phenoxy) is 1. The van der Waals surface area contributed by atoms with Gasteiger partial charge in [-0.3, -0.25) is 14.3 Å². The highest BCUT2D eigenvalue weighted by molar-refractivity contribution is 7.92. The monoisotopic (exact) mass is 604 g/mol. The fraction of sp³-hybridized carbons (Fsp3) is 0.519. The molecule has 228 valence electrons. The lowest BCUT2D eigenvalue weighted by atomic mass is 9.90. The van der Waals surface area contributed by atoms with Crippen LogP contribution in [0, 0.1) is 11.7 Å². The van der Waals surface area contributed by atoms with Gasteiger partial charge in [0.2, 0.25) is 27.7 Å². The number of alkyl halides is 3. The Hall–Kier alpha value is -3.42. The van der Waals surface area contributed by atoms with Crippen LogP contribution in [0.4, 0.5) is 23.2 Å². The van der Waals surface area contributed by atoms with Crippen LogP contribution >= 0.6 is 0 Å². The Morgan fingerprint density at radius 2 is 1.78 bits per heavy atom. The molecule has 1 aromatic carbocycles. The van der Waals surface area contributed by atoms with E-state index in [-0.39, 0.29) is 36.5 Å². The minimum absolute atomic E-state index is 0.134. The van der Waals surface area contributed by atoms with E-state index in [1.165, 1.54) is 25.1 Å². The molecule has 1 aliphatic carbocycles. The van der Waals surface area contributed by atoms with Gasteiger partial charge in [0.25, 0.3) is 0 Å². The van der Waals surface area contributed by atoms with Gasteiger partial charge in [-0.05, 0) is 55.5 Å². The number of nitrogens with two attached hydrogens (primary N) is 1. The summed E-state index contributed by atoms with van der Waals surface area (Å²) in [6.45, 7) is 3.37. The summed E-state index contributed by atoms with van der Waals surface area (Å²) in [5.41, 5.74) is 3.91. The SMILES string of the molecule is CC(C(=O)NCc1ccc(C(F)(F)F)nc1OCC1CCCCC1)c1ccc(NS(C)(=O)=O)c(F)c1.CCC(N)=O. The molecule has 1 heterocycles. The van der Waals surface area contributed by atoms with Gasteiger partial charge in [-0.1, -0.05) is 32.3 Å². The first-order valence-corrected chi connectivity index (χ1v) is 15.0. The van der Waals surface area contributed by atoms with Gasteiger partial charge in [-0.2, -0.15) is 13.2 Å². The molecule has 9 nitrogen and oxygen atoms in total. The molecule has 2 amide bonds. The van der Waals surface area contributed by atoms with Crippen molar-refractivity contribution < 1.29 is 40.3 Å². The summed E-state index contributed by atoms with van der Waals surface area (Å²) in [5.74, 6) is -2.34. The molecule has 4 N–H and O–H groups in total. The number of rotatable bonds is 10. The maximum Gasteiger partial charge on any atom is 0.433 e. The van der Waals surface area contributed by atoms with Crippen LogP contribution in [0.5, 0.6) is 5.88 Å². The van der Waals surface area contributed by atoms with Gasteiger partial charge in [-0.15, -0.1) is 0 Å². The van der Waals surface area contributed by atoms with Gasteiger partial charge in [0.1, 0.15) is 11.5 Å². The van der Waals surface area contributed by atoms with Crippen molar-refractivity contribution in [2.75, 3.05) is 17.6 Å². The van der Waals surface area contributed by atoms with Gasteiger partial charge in [0, 0.05) is 18.5 Å². The van der Waals surface area contributed by atoms with Crippen LogP contribution in [-0.4, -0.2) is 38.1 Å². The summed E-state index contributed by atoms with van der Waals surface area (Å²) in [4.78, 5) is 25.9. The smallest absolute Gasteiger partial charge is 0.433 e. The van der Waals surface area contributed by atoms with E-state index in [1.54, 1.807) is 6.92 Å². The summed E-state index contributed by atoms with van der Waals surface area (Å²) in [6, 6.07) is 5.74. The first-order valence-electron chi connectivity index (χ1n) is 13.1. The summed E-state index contributed by atoms with van der Waals surface area (Å²) < 4.78 is 84.3. The number of primary amides is 1. The predicted molar refractivity (Wildman–Crippen MR) is 146 cm³/mol. The third-order valence-electron chi connectivity index (χ3n) is 6.39. The van der Waals surface area contributed by atoms with Crippen LogP contribution in [0.25, 0.3) is 0 Å². The Labute approximate surface area is 237 Å². The molecule has 1 atom stereocenters.